The molecule has 6 aromatic rings. The van der Waals surface area contributed by atoms with Crippen molar-refractivity contribution in [2.45, 2.75) is 24.8 Å². The first-order chi connectivity index (χ1) is 19.2. The highest BCUT2D eigenvalue weighted by molar-refractivity contribution is 7.89. The van der Waals surface area contributed by atoms with Crippen molar-refractivity contribution >= 4 is 60.7 Å². The molecule has 2 N–H and O–H groups in total. The van der Waals surface area contributed by atoms with Gasteiger partial charge in [0.2, 0.25) is 15.9 Å². The lowest BCUT2D eigenvalue weighted by Crippen LogP contribution is -2.41. The molecular formula is C30H24ClN5O3S. The van der Waals surface area contributed by atoms with Gasteiger partial charge in [-0.2, -0.15) is 9.82 Å². The van der Waals surface area contributed by atoms with Crippen LogP contribution in [-0.4, -0.2) is 35.0 Å². The zero-order valence-electron chi connectivity index (χ0n) is 21.6. The van der Waals surface area contributed by atoms with Gasteiger partial charge in [-0.25, -0.2) is 17.9 Å². The fourth-order valence-corrected chi connectivity index (χ4v) is 5.93. The lowest BCUT2D eigenvalue weighted by Gasteiger charge is -2.14. The lowest BCUT2D eigenvalue weighted by molar-refractivity contribution is -0.117. The largest absolute Gasteiger partial charge is 0.325 e. The molecule has 0 aliphatic carbocycles. The summed E-state index contributed by atoms with van der Waals surface area (Å²) >= 11 is 6.11. The number of sulfonamides is 1. The molecule has 1 amide bonds. The first kappa shape index (κ1) is 25.9. The van der Waals surface area contributed by atoms with Crippen molar-refractivity contribution in [1.29, 1.82) is 0 Å². The van der Waals surface area contributed by atoms with Crippen LogP contribution in [0.2, 0.25) is 5.02 Å². The van der Waals surface area contributed by atoms with E-state index in [2.05, 4.69) is 10.0 Å². The van der Waals surface area contributed by atoms with Gasteiger partial charge in [-0.3, -0.25) is 4.79 Å². The summed E-state index contributed by atoms with van der Waals surface area (Å²) in [5, 5.41) is 10.3. The number of amides is 1. The minimum absolute atomic E-state index is 0.0987. The summed E-state index contributed by atoms with van der Waals surface area (Å²) in [5.41, 5.74) is 5.24. The molecule has 8 nitrogen and oxygen atoms in total. The van der Waals surface area contributed by atoms with Gasteiger partial charge in [-0.05, 0) is 56.3 Å². The van der Waals surface area contributed by atoms with Crippen LogP contribution >= 0.6 is 11.6 Å². The first-order valence-electron chi connectivity index (χ1n) is 12.6. The molecule has 40 heavy (non-hydrogen) atoms. The molecule has 1 atom stereocenters. The molecule has 0 aliphatic heterocycles. The Morgan fingerprint density at radius 2 is 1.62 bits per heavy atom. The van der Waals surface area contributed by atoms with Gasteiger partial charge in [0.1, 0.15) is 0 Å². The Kier molecular flexibility index (Phi) is 6.50. The van der Waals surface area contributed by atoms with E-state index in [4.69, 9.17) is 21.7 Å². The highest BCUT2D eigenvalue weighted by Crippen LogP contribution is 2.32. The van der Waals surface area contributed by atoms with Gasteiger partial charge >= 0.3 is 0 Å². The van der Waals surface area contributed by atoms with Crippen molar-refractivity contribution in [3.8, 4) is 11.3 Å². The zero-order chi connectivity index (χ0) is 28.0. The topological polar surface area (TPSA) is 105 Å². The lowest BCUT2D eigenvalue weighted by atomic mass is 10.1. The second-order valence-corrected chi connectivity index (χ2v) is 11.7. The van der Waals surface area contributed by atoms with Crippen LogP contribution in [0.1, 0.15) is 12.5 Å². The van der Waals surface area contributed by atoms with Crippen LogP contribution in [0.4, 0.5) is 5.69 Å². The Bertz CT molecular complexity index is 2020. The Morgan fingerprint density at radius 1 is 0.925 bits per heavy atom. The molecule has 0 aliphatic rings. The summed E-state index contributed by atoms with van der Waals surface area (Å²) in [5.74, 6) is -0.493. The van der Waals surface area contributed by atoms with E-state index in [1.54, 1.807) is 28.8 Å². The average molecular weight is 570 g/mol. The van der Waals surface area contributed by atoms with Crippen molar-refractivity contribution in [2.75, 3.05) is 5.32 Å². The van der Waals surface area contributed by atoms with Gasteiger partial charge in [0.25, 0.3) is 0 Å². The van der Waals surface area contributed by atoms with Gasteiger partial charge < -0.3 is 5.32 Å². The molecule has 0 fully saturated rings. The van der Waals surface area contributed by atoms with Crippen LogP contribution in [0.5, 0.6) is 0 Å². The molecule has 2 heterocycles. The van der Waals surface area contributed by atoms with Crippen LogP contribution < -0.4 is 10.0 Å². The first-order valence-corrected chi connectivity index (χ1v) is 14.4. The number of carbonyl (C=O) groups is 1. The van der Waals surface area contributed by atoms with Gasteiger partial charge in [-0.15, -0.1) is 0 Å². The number of halogens is 1. The number of anilines is 1. The van der Waals surface area contributed by atoms with E-state index in [0.717, 1.165) is 33.1 Å². The van der Waals surface area contributed by atoms with Crippen LogP contribution in [0.3, 0.4) is 0 Å². The van der Waals surface area contributed by atoms with E-state index in [9.17, 15) is 13.2 Å². The Labute approximate surface area is 235 Å². The molecule has 0 saturated heterocycles. The summed E-state index contributed by atoms with van der Waals surface area (Å²) in [6, 6.07) is 26.2. The highest BCUT2D eigenvalue weighted by atomic mass is 35.5. The molecule has 10 heteroatoms. The average Bonchev–Trinajstić information content (AvgIpc) is 3.31. The third-order valence-corrected chi connectivity index (χ3v) is 8.50. The smallest absolute Gasteiger partial charge is 0.242 e. The van der Waals surface area contributed by atoms with Crippen LogP contribution in [0.15, 0.2) is 95.9 Å². The normalized spacial score (nSPS) is 12.7. The second kappa shape index (κ2) is 10.0. The monoisotopic (exact) mass is 569 g/mol. The number of nitrogens with zero attached hydrogens (tertiary/aromatic N) is 3. The second-order valence-electron chi connectivity index (χ2n) is 9.60. The molecule has 200 valence electrons. The molecule has 6 rings (SSSR count). The molecule has 0 bridgehead atoms. The van der Waals surface area contributed by atoms with E-state index in [1.165, 1.54) is 19.1 Å². The molecule has 0 radical (unpaired) electrons. The fraction of sp³-hybridized carbons (Fsp3) is 0.100. The number of nitrogens with one attached hydrogen (secondary N) is 2. The number of benzene rings is 4. The van der Waals surface area contributed by atoms with E-state index in [-0.39, 0.29) is 4.90 Å². The van der Waals surface area contributed by atoms with E-state index < -0.39 is 22.0 Å². The number of rotatable bonds is 6. The zero-order valence-corrected chi connectivity index (χ0v) is 23.2. The third kappa shape index (κ3) is 4.79. The van der Waals surface area contributed by atoms with Crippen molar-refractivity contribution in [3.63, 3.8) is 0 Å². The number of aryl methyl sites for hydroxylation is 1. The minimum atomic E-state index is -3.86. The van der Waals surface area contributed by atoms with Crippen LogP contribution in [0, 0.1) is 6.92 Å². The van der Waals surface area contributed by atoms with Gasteiger partial charge in [0.15, 0.2) is 5.65 Å². The van der Waals surface area contributed by atoms with E-state index in [1.807, 2.05) is 61.5 Å². The molecule has 2 aromatic heterocycles. The molecular weight excluding hydrogens is 546 g/mol. The predicted octanol–water partition coefficient (Wildman–Crippen LogP) is 5.97. The van der Waals surface area contributed by atoms with Crippen molar-refractivity contribution < 1.29 is 13.2 Å². The van der Waals surface area contributed by atoms with Gasteiger partial charge in [0.05, 0.1) is 27.7 Å². The highest BCUT2D eigenvalue weighted by Gasteiger charge is 2.22. The number of fused-ring (bicyclic) bond motifs is 5. The van der Waals surface area contributed by atoms with Crippen LogP contribution in [-0.2, 0) is 14.8 Å². The SMILES string of the molecule is Cc1ccc(S(=O)(=O)NC(C)C(=O)Nc2ccc3c(c2)nc2c4ccccc4c(-c4ccc(Cl)cc4)nn32)cc1. The molecule has 0 saturated carbocycles. The van der Waals surface area contributed by atoms with Crippen molar-refractivity contribution in [3.05, 3.63) is 102 Å². The Morgan fingerprint density at radius 3 is 2.35 bits per heavy atom. The van der Waals surface area contributed by atoms with Crippen molar-refractivity contribution in [2.24, 2.45) is 0 Å². The quantitative estimate of drug-likeness (QED) is 0.257. The standard InChI is InChI=1S/C30H24ClN5O3S/c1-18-7-14-23(15-8-18)40(38,39)35-19(2)30(37)32-22-13-16-27-26(17-22)33-29-25-6-4-3-5-24(25)28(34-36(27)29)20-9-11-21(31)12-10-20/h3-17,19,35H,1-2H3,(H,32,37). The van der Waals surface area contributed by atoms with Gasteiger partial charge in [-0.1, -0.05) is 65.7 Å². The maximum atomic E-state index is 12.9. The third-order valence-electron chi connectivity index (χ3n) is 6.70. The maximum Gasteiger partial charge on any atom is 0.242 e. The summed E-state index contributed by atoms with van der Waals surface area (Å²) in [6.45, 7) is 3.37. The van der Waals surface area contributed by atoms with Crippen LogP contribution in [0.25, 0.3) is 38.7 Å². The summed E-state index contributed by atoms with van der Waals surface area (Å²) < 4.78 is 29.7. The minimum Gasteiger partial charge on any atom is -0.325 e. The van der Waals surface area contributed by atoms with Gasteiger partial charge in [0, 0.05) is 27.0 Å². The van der Waals surface area contributed by atoms with Crippen molar-refractivity contribution in [1.82, 2.24) is 19.3 Å². The number of hydrogen-bond acceptors (Lipinski definition) is 5. The molecule has 0 spiro atoms. The van der Waals surface area contributed by atoms with E-state index >= 15 is 0 Å². The number of imidazole rings is 1. The van der Waals surface area contributed by atoms with E-state index in [0.29, 0.717) is 21.9 Å². The number of carbonyl (C=O) groups excluding carboxylic acids is 1. The summed E-state index contributed by atoms with van der Waals surface area (Å²) in [4.78, 5) is 17.8. The fourth-order valence-electron chi connectivity index (χ4n) is 4.60. The molecule has 1 unspecified atom stereocenters. The Balaban J connectivity index is 1.32. The predicted molar refractivity (Wildman–Crippen MR) is 158 cm³/mol. The summed E-state index contributed by atoms with van der Waals surface area (Å²) in [6.07, 6.45) is 0. The molecule has 4 aromatic carbocycles. The Hall–Kier alpha value is -4.31. The number of hydrogen-bond donors (Lipinski definition) is 2. The maximum absolute atomic E-state index is 12.9. The summed E-state index contributed by atoms with van der Waals surface area (Å²) in [7, 11) is -3.86. The number of aromatic nitrogens is 3.